The molecule has 0 heterocycles. The molecule has 0 saturated heterocycles. The van der Waals surface area contributed by atoms with Crippen molar-refractivity contribution in [1.82, 2.24) is 5.32 Å². The van der Waals surface area contributed by atoms with E-state index < -0.39 is 0 Å². The first-order chi connectivity index (χ1) is 8.80. The normalized spacial score (nSPS) is 51.2. The summed E-state index contributed by atoms with van der Waals surface area (Å²) in [7, 11) is 0. The SMILES string of the molecule is OCC1(NC2CCCC2)C2CC3CC(C2)CC1C3. The van der Waals surface area contributed by atoms with Gasteiger partial charge in [0.15, 0.2) is 0 Å². The average molecular weight is 249 g/mol. The number of aliphatic hydroxyl groups excluding tert-OH is 1. The summed E-state index contributed by atoms with van der Waals surface area (Å²) in [6.45, 7) is 0.387. The largest absolute Gasteiger partial charge is 0.394 e. The molecule has 5 aliphatic rings. The standard InChI is InChI=1S/C16H27NO/c18-10-16(17-15-3-1-2-4-15)13-6-11-5-12(8-13)9-14(16)7-11/h11-15,17-18H,1-10H2. The maximum absolute atomic E-state index is 10.1. The predicted molar refractivity (Wildman–Crippen MR) is 72.3 cm³/mol. The van der Waals surface area contributed by atoms with Crippen LogP contribution >= 0.6 is 0 Å². The number of hydrogen-bond acceptors (Lipinski definition) is 2. The molecule has 102 valence electrons. The highest BCUT2D eigenvalue weighted by molar-refractivity contribution is 5.12. The molecule has 0 aromatic heterocycles. The van der Waals surface area contributed by atoms with Gasteiger partial charge in [-0.05, 0) is 68.6 Å². The first-order valence-corrected chi connectivity index (χ1v) is 8.18. The van der Waals surface area contributed by atoms with E-state index >= 15 is 0 Å². The quantitative estimate of drug-likeness (QED) is 0.806. The molecule has 4 bridgehead atoms. The lowest BCUT2D eigenvalue weighted by Gasteiger charge is -2.61. The number of aliphatic hydroxyl groups is 1. The first-order valence-electron chi connectivity index (χ1n) is 8.18. The molecule has 2 nitrogen and oxygen atoms in total. The minimum absolute atomic E-state index is 0.114. The van der Waals surface area contributed by atoms with Gasteiger partial charge in [0.1, 0.15) is 0 Å². The Morgan fingerprint density at radius 1 is 0.889 bits per heavy atom. The number of nitrogens with one attached hydrogen (secondary N) is 1. The van der Waals surface area contributed by atoms with Crippen molar-refractivity contribution in [3.63, 3.8) is 0 Å². The second kappa shape index (κ2) is 4.21. The summed E-state index contributed by atoms with van der Waals surface area (Å²) in [5.41, 5.74) is 0.114. The first kappa shape index (κ1) is 11.7. The van der Waals surface area contributed by atoms with Crippen LogP contribution in [-0.4, -0.2) is 23.3 Å². The van der Waals surface area contributed by atoms with Gasteiger partial charge in [0, 0.05) is 11.6 Å². The van der Waals surface area contributed by atoms with Gasteiger partial charge in [0.25, 0.3) is 0 Å². The van der Waals surface area contributed by atoms with Crippen molar-refractivity contribution >= 4 is 0 Å². The molecular formula is C16H27NO. The van der Waals surface area contributed by atoms with Crippen molar-refractivity contribution < 1.29 is 5.11 Å². The number of rotatable bonds is 3. The summed E-state index contributed by atoms with van der Waals surface area (Å²) in [5, 5.41) is 14.1. The lowest BCUT2D eigenvalue weighted by Crippen LogP contribution is -2.68. The maximum Gasteiger partial charge on any atom is 0.0618 e. The van der Waals surface area contributed by atoms with Gasteiger partial charge in [-0.1, -0.05) is 12.8 Å². The Labute approximate surface area is 111 Å². The van der Waals surface area contributed by atoms with Crippen LogP contribution in [0.5, 0.6) is 0 Å². The van der Waals surface area contributed by atoms with Gasteiger partial charge in [-0.25, -0.2) is 0 Å². The second-order valence-corrected chi connectivity index (χ2v) is 7.63. The molecule has 2 heteroatoms. The van der Waals surface area contributed by atoms with Crippen LogP contribution < -0.4 is 5.32 Å². The molecule has 0 amide bonds. The highest BCUT2D eigenvalue weighted by Gasteiger charge is 2.57. The zero-order valence-corrected chi connectivity index (χ0v) is 11.4. The molecule has 0 unspecified atom stereocenters. The molecule has 0 atom stereocenters. The fourth-order valence-corrected chi connectivity index (χ4v) is 6.01. The molecule has 5 rings (SSSR count). The summed E-state index contributed by atoms with van der Waals surface area (Å²) in [5.74, 6) is 3.55. The summed E-state index contributed by atoms with van der Waals surface area (Å²) < 4.78 is 0. The highest BCUT2D eigenvalue weighted by Crippen LogP contribution is 2.58. The second-order valence-electron chi connectivity index (χ2n) is 7.63. The van der Waals surface area contributed by atoms with Gasteiger partial charge in [-0.15, -0.1) is 0 Å². The van der Waals surface area contributed by atoms with Crippen molar-refractivity contribution in [2.24, 2.45) is 23.7 Å². The van der Waals surface area contributed by atoms with Crippen molar-refractivity contribution in [3.8, 4) is 0 Å². The van der Waals surface area contributed by atoms with Crippen molar-refractivity contribution in [3.05, 3.63) is 0 Å². The van der Waals surface area contributed by atoms with Crippen LogP contribution in [0.25, 0.3) is 0 Å². The molecule has 0 spiro atoms. The lowest BCUT2D eigenvalue weighted by molar-refractivity contribution is -0.0995. The van der Waals surface area contributed by atoms with Gasteiger partial charge in [0.05, 0.1) is 6.61 Å². The van der Waals surface area contributed by atoms with E-state index in [1.54, 1.807) is 0 Å². The Hall–Kier alpha value is -0.0800. The van der Waals surface area contributed by atoms with Crippen LogP contribution in [0.1, 0.15) is 57.8 Å². The third-order valence-corrected chi connectivity index (χ3v) is 6.68. The molecule has 2 N–H and O–H groups in total. The fourth-order valence-electron chi connectivity index (χ4n) is 6.01. The van der Waals surface area contributed by atoms with Crippen LogP contribution in [-0.2, 0) is 0 Å². The Bertz CT molecular complexity index is 293. The minimum Gasteiger partial charge on any atom is -0.394 e. The summed E-state index contributed by atoms with van der Waals surface area (Å²) in [6.07, 6.45) is 12.5. The van der Waals surface area contributed by atoms with Gasteiger partial charge >= 0.3 is 0 Å². The van der Waals surface area contributed by atoms with E-state index in [1.165, 1.54) is 57.8 Å². The van der Waals surface area contributed by atoms with E-state index in [0.29, 0.717) is 12.6 Å². The van der Waals surface area contributed by atoms with Gasteiger partial charge in [0.2, 0.25) is 0 Å². The van der Waals surface area contributed by atoms with Gasteiger partial charge in [-0.3, -0.25) is 0 Å². The smallest absolute Gasteiger partial charge is 0.0618 e. The Morgan fingerprint density at radius 2 is 1.44 bits per heavy atom. The van der Waals surface area contributed by atoms with E-state index in [-0.39, 0.29) is 5.54 Å². The summed E-state index contributed by atoms with van der Waals surface area (Å²) in [4.78, 5) is 0. The Kier molecular flexibility index (Phi) is 2.74. The third-order valence-electron chi connectivity index (χ3n) is 6.68. The zero-order chi connectivity index (χ0) is 12.2. The fraction of sp³-hybridized carbons (Fsp3) is 1.00. The highest BCUT2D eigenvalue weighted by atomic mass is 16.3. The third kappa shape index (κ3) is 1.61. The van der Waals surface area contributed by atoms with Crippen molar-refractivity contribution in [1.29, 1.82) is 0 Å². The van der Waals surface area contributed by atoms with Crippen LogP contribution in [0, 0.1) is 23.7 Å². The molecule has 5 fully saturated rings. The van der Waals surface area contributed by atoms with E-state index in [1.807, 2.05) is 0 Å². The minimum atomic E-state index is 0.114. The molecule has 5 aliphatic carbocycles. The van der Waals surface area contributed by atoms with E-state index in [4.69, 9.17) is 0 Å². The summed E-state index contributed by atoms with van der Waals surface area (Å²) >= 11 is 0. The molecule has 0 radical (unpaired) electrons. The Balaban J connectivity index is 1.59. The van der Waals surface area contributed by atoms with E-state index in [0.717, 1.165) is 23.7 Å². The van der Waals surface area contributed by atoms with Crippen LogP contribution in [0.4, 0.5) is 0 Å². The predicted octanol–water partition coefficient (Wildman–Crippen LogP) is 2.71. The molecule has 5 saturated carbocycles. The van der Waals surface area contributed by atoms with Crippen molar-refractivity contribution in [2.75, 3.05) is 6.61 Å². The van der Waals surface area contributed by atoms with Crippen molar-refractivity contribution in [2.45, 2.75) is 69.4 Å². The maximum atomic E-state index is 10.1. The van der Waals surface area contributed by atoms with Crippen LogP contribution in [0.3, 0.4) is 0 Å². The Morgan fingerprint density at radius 3 is 1.94 bits per heavy atom. The van der Waals surface area contributed by atoms with E-state index in [9.17, 15) is 5.11 Å². The van der Waals surface area contributed by atoms with Crippen LogP contribution in [0.2, 0.25) is 0 Å². The monoisotopic (exact) mass is 249 g/mol. The average Bonchev–Trinajstić information content (AvgIpc) is 2.86. The topological polar surface area (TPSA) is 32.3 Å². The molecule has 0 aliphatic heterocycles. The van der Waals surface area contributed by atoms with Crippen LogP contribution in [0.15, 0.2) is 0 Å². The molecule has 0 aromatic rings. The molecule has 0 aromatic carbocycles. The zero-order valence-electron chi connectivity index (χ0n) is 11.4. The van der Waals surface area contributed by atoms with Gasteiger partial charge < -0.3 is 10.4 Å². The summed E-state index contributed by atoms with van der Waals surface area (Å²) in [6, 6.07) is 0.703. The van der Waals surface area contributed by atoms with E-state index in [2.05, 4.69) is 5.32 Å². The number of hydrogen-bond donors (Lipinski definition) is 2. The van der Waals surface area contributed by atoms with Gasteiger partial charge in [-0.2, -0.15) is 0 Å². The molecular weight excluding hydrogens is 222 g/mol. The lowest BCUT2D eigenvalue weighted by atomic mass is 9.48. The molecule has 18 heavy (non-hydrogen) atoms.